The Bertz CT molecular complexity index is 788. The molecular formula is C18H21NO5S. The van der Waals surface area contributed by atoms with Gasteiger partial charge in [-0.15, -0.1) is 0 Å². The predicted molar refractivity (Wildman–Crippen MR) is 96.0 cm³/mol. The lowest BCUT2D eigenvalue weighted by Gasteiger charge is -2.21. The van der Waals surface area contributed by atoms with Crippen LogP contribution in [0.2, 0.25) is 0 Å². The largest absolute Gasteiger partial charge is 0.489 e. The molecule has 0 aliphatic rings. The van der Waals surface area contributed by atoms with E-state index < -0.39 is 16.0 Å². The maximum Gasteiger partial charge on any atom is 0.326 e. The summed E-state index contributed by atoms with van der Waals surface area (Å²) < 4.78 is 35.4. The number of esters is 1. The average molecular weight is 363 g/mol. The predicted octanol–water partition coefficient (Wildman–Crippen LogP) is 2.59. The molecule has 6 nitrogen and oxygen atoms in total. The Labute approximate surface area is 148 Å². The van der Waals surface area contributed by atoms with Crippen molar-refractivity contribution in [1.82, 2.24) is 0 Å². The Morgan fingerprint density at radius 1 is 1.04 bits per heavy atom. The van der Waals surface area contributed by atoms with Crippen LogP contribution < -0.4 is 9.04 Å². The summed E-state index contributed by atoms with van der Waals surface area (Å²) in [7, 11) is -3.61. The van der Waals surface area contributed by atoms with Gasteiger partial charge >= 0.3 is 5.97 Å². The van der Waals surface area contributed by atoms with Crippen molar-refractivity contribution in [3.63, 3.8) is 0 Å². The lowest BCUT2D eigenvalue weighted by atomic mass is 10.2. The van der Waals surface area contributed by atoms with Gasteiger partial charge in [0.2, 0.25) is 10.0 Å². The van der Waals surface area contributed by atoms with Crippen molar-refractivity contribution in [2.24, 2.45) is 0 Å². The highest BCUT2D eigenvalue weighted by molar-refractivity contribution is 7.92. The van der Waals surface area contributed by atoms with Crippen LogP contribution in [0.4, 0.5) is 5.69 Å². The van der Waals surface area contributed by atoms with Crippen LogP contribution in [0, 0.1) is 0 Å². The molecule has 0 unspecified atom stereocenters. The van der Waals surface area contributed by atoms with Crippen molar-refractivity contribution in [1.29, 1.82) is 0 Å². The number of carbonyl (C=O) groups excluding carboxylic acids is 1. The smallest absolute Gasteiger partial charge is 0.326 e. The van der Waals surface area contributed by atoms with Crippen molar-refractivity contribution < 1.29 is 22.7 Å². The molecular weight excluding hydrogens is 342 g/mol. The van der Waals surface area contributed by atoms with E-state index in [4.69, 9.17) is 9.47 Å². The van der Waals surface area contributed by atoms with Gasteiger partial charge in [-0.1, -0.05) is 30.3 Å². The Morgan fingerprint density at radius 3 is 2.24 bits per heavy atom. The van der Waals surface area contributed by atoms with Gasteiger partial charge in [0.25, 0.3) is 0 Å². The van der Waals surface area contributed by atoms with Gasteiger partial charge in [-0.25, -0.2) is 8.42 Å². The van der Waals surface area contributed by atoms with Gasteiger partial charge < -0.3 is 9.47 Å². The highest BCUT2D eigenvalue weighted by atomic mass is 32.2. The number of benzene rings is 2. The number of nitrogens with zero attached hydrogens (tertiary/aromatic N) is 1. The van der Waals surface area contributed by atoms with E-state index in [-0.39, 0.29) is 13.2 Å². The van der Waals surface area contributed by atoms with Crippen LogP contribution in [0.25, 0.3) is 0 Å². The van der Waals surface area contributed by atoms with Crippen LogP contribution in [0.3, 0.4) is 0 Å². The third-order valence-electron chi connectivity index (χ3n) is 3.35. The second-order valence-electron chi connectivity index (χ2n) is 5.34. The zero-order valence-corrected chi connectivity index (χ0v) is 15.0. The van der Waals surface area contributed by atoms with Crippen molar-refractivity contribution in [2.75, 3.05) is 23.7 Å². The van der Waals surface area contributed by atoms with E-state index >= 15 is 0 Å². The maximum atomic E-state index is 12.0. The topological polar surface area (TPSA) is 72.9 Å². The summed E-state index contributed by atoms with van der Waals surface area (Å²) in [6, 6.07) is 16.2. The molecule has 0 atom stereocenters. The number of rotatable bonds is 8. The third-order valence-corrected chi connectivity index (χ3v) is 4.49. The number of hydrogen-bond donors (Lipinski definition) is 0. The van der Waals surface area contributed by atoms with Crippen molar-refractivity contribution in [3.05, 3.63) is 60.2 Å². The minimum Gasteiger partial charge on any atom is -0.489 e. The second kappa shape index (κ2) is 8.53. The van der Waals surface area contributed by atoms with Crippen LogP contribution >= 0.6 is 0 Å². The lowest BCUT2D eigenvalue weighted by Crippen LogP contribution is -2.35. The van der Waals surface area contributed by atoms with E-state index in [2.05, 4.69) is 0 Å². The van der Waals surface area contributed by atoms with E-state index in [1.807, 2.05) is 30.3 Å². The van der Waals surface area contributed by atoms with Gasteiger partial charge in [-0.3, -0.25) is 9.10 Å². The summed E-state index contributed by atoms with van der Waals surface area (Å²) in [5.74, 6) is 0.00881. The molecule has 7 heteroatoms. The maximum absolute atomic E-state index is 12.0. The normalized spacial score (nSPS) is 11.0. The summed E-state index contributed by atoms with van der Waals surface area (Å²) in [6.45, 7) is 1.92. The van der Waals surface area contributed by atoms with Crippen LogP contribution in [-0.2, 0) is 26.2 Å². The Balaban J connectivity index is 2.08. The summed E-state index contributed by atoms with van der Waals surface area (Å²) >= 11 is 0. The molecule has 2 rings (SSSR count). The molecule has 0 radical (unpaired) electrons. The van der Waals surface area contributed by atoms with E-state index in [0.29, 0.717) is 18.0 Å². The fourth-order valence-corrected chi connectivity index (χ4v) is 3.02. The fraction of sp³-hybridized carbons (Fsp3) is 0.278. The molecule has 0 N–H and O–H groups in total. The fourth-order valence-electron chi connectivity index (χ4n) is 2.17. The summed E-state index contributed by atoms with van der Waals surface area (Å²) in [5, 5.41) is 0. The van der Waals surface area contributed by atoms with E-state index in [0.717, 1.165) is 16.1 Å². The van der Waals surface area contributed by atoms with Crippen molar-refractivity contribution >= 4 is 21.7 Å². The molecule has 2 aromatic rings. The molecule has 0 heterocycles. The molecule has 0 aromatic heterocycles. The lowest BCUT2D eigenvalue weighted by molar-refractivity contribution is -0.141. The van der Waals surface area contributed by atoms with Gasteiger partial charge in [-0.05, 0) is 36.8 Å². The molecule has 134 valence electrons. The monoisotopic (exact) mass is 363 g/mol. The molecule has 0 aliphatic heterocycles. The number of hydrogen-bond acceptors (Lipinski definition) is 5. The zero-order valence-electron chi connectivity index (χ0n) is 14.2. The molecule has 0 amide bonds. The van der Waals surface area contributed by atoms with Gasteiger partial charge in [0.1, 0.15) is 18.9 Å². The SMILES string of the molecule is CCOC(=O)CN(c1ccc(OCc2ccccc2)cc1)S(C)(=O)=O. The Hall–Kier alpha value is -2.54. The quantitative estimate of drug-likeness (QED) is 0.674. The van der Waals surface area contributed by atoms with Crippen LogP contribution in [0.1, 0.15) is 12.5 Å². The zero-order chi connectivity index (χ0) is 18.3. The molecule has 0 bridgehead atoms. The van der Waals surface area contributed by atoms with Gasteiger partial charge in [-0.2, -0.15) is 0 Å². The van der Waals surface area contributed by atoms with E-state index in [9.17, 15) is 13.2 Å². The molecule has 0 spiro atoms. The minimum atomic E-state index is -3.61. The standard InChI is InChI=1S/C18H21NO5S/c1-3-23-18(20)13-19(25(2,21)22)16-9-11-17(12-10-16)24-14-15-7-5-4-6-8-15/h4-12H,3,13-14H2,1-2H3. The molecule has 25 heavy (non-hydrogen) atoms. The minimum absolute atomic E-state index is 0.197. The third kappa shape index (κ3) is 5.79. The average Bonchev–Trinajstić information content (AvgIpc) is 2.59. The molecule has 0 aliphatic carbocycles. The first-order chi connectivity index (χ1) is 11.9. The highest BCUT2D eigenvalue weighted by Crippen LogP contribution is 2.22. The first kappa shape index (κ1) is 18.8. The summed E-state index contributed by atoms with van der Waals surface area (Å²) in [6.07, 6.45) is 1.05. The van der Waals surface area contributed by atoms with Gasteiger partial charge in [0, 0.05) is 0 Å². The highest BCUT2D eigenvalue weighted by Gasteiger charge is 2.21. The second-order valence-corrected chi connectivity index (χ2v) is 7.25. The van der Waals surface area contributed by atoms with Crippen LogP contribution in [0.15, 0.2) is 54.6 Å². The number of anilines is 1. The molecule has 0 fully saturated rings. The van der Waals surface area contributed by atoms with Crippen LogP contribution in [0.5, 0.6) is 5.75 Å². The van der Waals surface area contributed by atoms with Gasteiger partial charge in [0.05, 0.1) is 18.6 Å². The first-order valence-electron chi connectivity index (χ1n) is 7.80. The number of carbonyl (C=O) groups is 1. The Morgan fingerprint density at radius 2 is 1.68 bits per heavy atom. The summed E-state index contributed by atoms with van der Waals surface area (Å²) in [5.41, 5.74) is 1.41. The van der Waals surface area contributed by atoms with Crippen molar-refractivity contribution in [2.45, 2.75) is 13.5 Å². The number of ether oxygens (including phenoxy) is 2. The van der Waals surface area contributed by atoms with Crippen molar-refractivity contribution in [3.8, 4) is 5.75 Å². The first-order valence-corrected chi connectivity index (χ1v) is 9.65. The summed E-state index contributed by atoms with van der Waals surface area (Å²) in [4.78, 5) is 11.6. The van der Waals surface area contributed by atoms with Crippen LogP contribution in [-0.4, -0.2) is 33.8 Å². The van der Waals surface area contributed by atoms with Gasteiger partial charge in [0.15, 0.2) is 0 Å². The van der Waals surface area contributed by atoms with E-state index in [1.165, 1.54) is 0 Å². The van der Waals surface area contributed by atoms with E-state index in [1.54, 1.807) is 31.2 Å². The molecule has 0 saturated heterocycles. The number of sulfonamides is 1. The molecule has 2 aromatic carbocycles. The Kier molecular flexibility index (Phi) is 6.41. The molecule has 0 saturated carbocycles.